The van der Waals surface area contributed by atoms with Crippen molar-refractivity contribution in [1.82, 2.24) is 10.2 Å². The summed E-state index contributed by atoms with van der Waals surface area (Å²) in [6.45, 7) is 12.9. The molecule has 1 aliphatic rings. The van der Waals surface area contributed by atoms with Crippen LogP contribution in [0.2, 0.25) is 0 Å². The third-order valence-corrected chi connectivity index (χ3v) is 3.96. The Morgan fingerprint density at radius 3 is 2.25 bits per heavy atom. The number of hydrogen-bond acceptors (Lipinski definition) is 2. The van der Waals surface area contributed by atoms with Crippen LogP contribution in [0, 0.1) is 5.92 Å². The summed E-state index contributed by atoms with van der Waals surface area (Å²) in [6, 6.07) is 1.53. The van der Waals surface area contributed by atoms with E-state index in [0.29, 0.717) is 6.04 Å². The van der Waals surface area contributed by atoms with Gasteiger partial charge in [0.25, 0.3) is 0 Å². The third-order valence-electron chi connectivity index (χ3n) is 3.96. The van der Waals surface area contributed by atoms with Gasteiger partial charge in [-0.1, -0.05) is 33.6 Å². The topological polar surface area (TPSA) is 15.3 Å². The van der Waals surface area contributed by atoms with Gasteiger partial charge in [0, 0.05) is 25.2 Å². The zero-order chi connectivity index (χ0) is 12.0. The van der Waals surface area contributed by atoms with Crippen molar-refractivity contribution in [2.75, 3.05) is 19.6 Å². The molecule has 0 bridgehead atoms. The maximum atomic E-state index is 3.64. The molecule has 0 aliphatic heterocycles. The second-order valence-corrected chi connectivity index (χ2v) is 5.30. The number of hydrogen-bond donors (Lipinski definition) is 1. The highest BCUT2D eigenvalue weighted by atomic mass is 15.2. The van der Waals surface area contributed by atoms with Gasteiger partial charge >= 0.3 is 0 Å². The number of nitrogens with zero attached hydrogens (tertiary/aromatic N) is 1. The predicted octanol–water partition coefficient (Wildman–Crippen LogP) is 2.89. The molecule has 16 heavy (non-hydrogen) atoms. The number of rotatable bonds is 9. The van der Waals surface area contributed by atoms with Crippen molar-refractivity contribution in [3.8, 4) is 0 Å². The quantitative estimate of drug-likeness (QED) is 0.650. The summed E-state index contributed by atoms with van der Waals surface area (Å²) in [5, 5.41) is 3.64. The first-order valence-corrected chi connectivity index (χ1v) is 7.18. The lowest BCUT2D eigenvalue weighted by Crippen LogP contribution is -2.43. The average Bonchev–Trinajstić information content (AvgIpc) is 3.11. The van der Waals surface area contributed by atoms with Gasteiger partial charge in [0.05, 0.1) is 0 Å². The van der Waals surface area contributed by atoms with Gasteiger partial charge < -0.3 is 5.32 Å². The molecule has 0 aromatic heterocycles. The van der Waals surface area contributed by atoms with Crippen LogP contribution < -0.4 is 5.32 Å². The second-order valence-electron chi connectivity index (χ2n) is 5.30. The normalized spacial score (nSPS) is 18.4. The Bertz CT molecular complexity index is 174. The van der Waals surface area contributed by atoms with E-state index in [1.54, 1.807) is 0 Å². The molecule has 0 amide bonds. The molecule has 2 heteroatoms. The maximum absolute atomic E-state index is 3.64. The van der Waals surface area contributed by atoms with Crippen LogP contribution in [0.4, 0.5) is 0 Å². The Labute approximate surface area is 102 Å². The molecule has 0 radical (unpaired) electrons. The molecule has 0 aromatic carbocycles. The molecule has 1 aliphatic carbocycles. The Kier molecular flexibility index (Phi) is 6.37. The summed E-state index contributed by atoms with van der Waals surface area (Å²) in [5.41, 5.74) is 0. The van der Waals surface area contributed by atoms with Crippen LogP contribution in [0.15, 0.2) is 0 Å². The van der Waals surface area contributed by atoms with Gasteiger partial charge in [-0.25, -0.2) is 0 Å². The fourth-order valence-corrected chi connectivity index (χ4v) is 2.25. The molecule has 1 unspecified atom stereocenters. The average molecular weight is 226 g/mol. The summed E-state index contributed by atoms with van der Waals surface area (Å²) in [5.74, 6) is 0.878. The van der Waals surface area contributed by atoms with Gasteiger partial charge in [0.2, 0.25) is 0 Å². The van der Waals surface area contributed by atoms with Crippen molar-refractivity contribution in [1.29, 1.82) is 0 Å². The van der Waals surface area contributed by atoms with E-state index in [1.807, 2.05) is 0 Å². The zero-order valence-electron chi connectivity index (χ0n) is 11.6. The molecule has 96 valence electrons. The molecule has 0 heterocycles. The minimum Gasteiger partial charge on any atom is -0.312 e. The van der Waals surface area contributed by atoms with Crippen LogP contribution in [0.25, 0.3) is 0 Å². The van der Waals surface area contributed by atoms with E-state index in [9.17, 15) is 0 Å². The molecule has 1 rings (SSSR count). The molecule has 1 saturated carbocycles. The Morgan fingerprint density at radius 2 is 1.81 bits per heavy atom. The smallest absolute Gasteiger partial charge is 0.0192 e. The zero-order valence-corrected chi connectivity index (χ0v) is 11.6. The summed E-state index contributed by atoms with van der Waals surface area (Å²) in [4.78, 5) is 2.63. The SMILES string of the molecule is CCC(CC)CN(CC)C(C)CNC1CC1. The Balaban J connectivity index is 2.25. The van der Waals surface area contributed by atoms with E-state index in [0.717, 1.165) is 12.0 Å². The molecule has 1 fully saturated rings. The summed E-state index contributed by atoms with van der Waals surface area (Å²) >= 11 is 0. The largest absolute Gasteiger partial charge is 0.312 e. The second kappa shape index (κ2) is 7.29. The first-order valence-electron chi connectivity index (χ1n) is 7.18. The molecule has 2 nitrogen and oxygen atoms in total. The van der Waals surface area contributed by atoms with Crippen molar-refractivity contribution in [3.63, 3.8) is 0 Å². The first kappa shape index (κ1) is 14.0. The van der Waals surface area contributed by atoms with Gasteiger partial charge in [0.15, 0.2) is 0 Å². The van der Waals surface area contributed by atoms with Gasteiger partial charge in [0.1, 0.15) is 0 Å². The minimum absolute atomic E-state index is 0.686. The highest BCUT2D eigenvalue weighted by molar-refractivity contribution is 4.83. The standard InChI is InChI=1S/C14H30N2/c1-5-13(6-2)11-16(7-3)12(4)10-15-14-8-9-14/h12-15H,5-11H2,1-4H3. The molecule has 1 N–H and O–H groups in total. The highest BCUT2D eigenvalue weighted by Gasteiger charge is 2.22. The van der Waals surface area contributed by atoms with Gasteiger partial charge in [-0.3, -0.25) is 4.90 Å². The molecule has 1 atom stereocenters. The van der Waals surface area contributed by atoms with E-state index in [-0.39, 0.29) is 0 Å². The molecular weight excluding hydrogens is 196 g/mol. The van der Waals surface area contributed by atoms with Crippen molar-refractivity contribution in [2.24, 2.45) is 5.92 Å². The third kappa shape index (κ3) is 4.84. The van der Waals surface area contributed by atoms with Crippen LogP contribution in [0.5, 0.6) is 0 Å². The van der Waals surface area contributed by atoms with Crippen molar-refractivity contribution in [2.45, 2.75) is 65.5 Å². The van der Waals surface area contributed by atoms with Gasteiger partial charge in [-0.15, -0.1) is 0 Å². The lowest BCUT2D eigenvalue weighted by Gasteiger charge is -2.31. The van der Waals surface area contributed by atoms with E-state index >= 15 is 0 Å². The van der Waals surface area contributed by atoms with Gasteiger partial charge in [-0.2, -0.15) is 0 Å². The lowest BCUT2D eigenvalue weighted by atomic mass is 10.0. The van der Waals surface area contributed by atoms with Crippen molar-refractivity contribution < 1.29 is 0 Å². The maximum Gasteiger partial charge on any atom is 0.0192 e. The van der Waals surface area contributed by atoms with E-state index < -0.39 is 0 Å². The Hall–Kier alpha value is -0.0800. The summed E-state index contributed by atoms with van der Waals surface area (Å²) in [6.07, 6.45) is 5.42. The molecule has 0 saturated heterocycles. The van der Waals surface area contributed by atoms with Crippen molar-refractivity contribution >= 4 is 0 Å². The molecule has 0 spiro atoms. The lowest BCUT2D eigenvalue weighted by molar-refractivity contribution is 0.177. The predicted molar refractivity (Wildman–Crippen MR) is 71.8 cm³/mol. The van der Waals surface area contributed by atoms with Crippen LogP contribution >= 0.6 is 0 Å². The van der Waals surface area contributed by atoms with Gasteiger partial charge in [-0.05, 0) is 32.2 Å². The first-order chi connectivity index (χ1) is 7.71. The fourth-order valence-electron chi connectivity index (χ4n) is 2.25. The van der Waals surface area contributed by atoms with Crippen LogP contribution in [-0.2, 0) is 0 Å². The van der Waals surface area contributed by atoms with E-state index in [4.69, 9.17) is 0 Å². The fraction of sp³-hybridized carbons (Fsp3) is 1.00. The Morgan fingerprint density at radius 1 is 1.19 bits per heavy atom. The van der Waals surface area contributed by atoms with E-state index in [1.165, 1.54) is 45.3 Å². The number of likely N-dealkylation sites (N-methyl/N-ethyl adjacent to an activating group) is 1. The summed E-state index contributed by atoms with van der Waals surface area (Å²) < 4.78 is 0. The molecular formula is C14H30N2. The van der Waals surface area contributed by atoms with Crippen LogP contribution in [-0.4, -0.2) is 36.6 Å². The molecule has 0 aromatic rings. The number of nitrogens with one attached hydrogen (secondary N) is 1. The van der Waals surface area contributed by atoms with Crippen molar-refractivity contribution in [3.05, 3.63) is 0 Å². The van der Waals surface area contributed by atoms with Crippen LogP contribution in [0.3, 0.4) is 0 Å². The highest BCUT2D eigenvalue weighted by Crippen LogP contribution is 2.19. The minimum atomic E-state index is 0.686. The van der Waals surface area contributed by atoms with Crippen LogP contribution in [0.1, 0.15) is 53.4 Å². The monoisotopic (exact) mass is 226 g/mol. The van der Waals surface area contributed by atoms with E-state index in [2.05, 4.69) is 37.9 Å². The summed E-state index contributed by atoms with van der Waals surface area (Å²) in [7, 11) is 0.